The van der Waals surface area contributed by atoms with Gasteiger partial charge in [0.25, 0.3) is 5.91 Å². The maximum absolute atomic E-state index is 12.8. The van der Waals surface area contributed by atoms with Gasteiger partial charge < -0.3 is 9.64 Å². The highest BCUT2D eigenvalue weighted by Crippen LogP contribution is 2.19. The lowest BCUT2D eigenvalue weighted by atomic mass is 10.3. The second kappa shape index (κ2) is 8.22. The predicted molar refractivity (Wildman–Crippen MR) is 87.2 cm³/mol. The summed E-state index contributed by atoms with van der Waals surface area (Å²) >= 11 is 5.88. The van der Waals surface area contributed by atoms with Crippen LogP contribution >= 0.6 is 11.6 Å². The molecular formula is C16H15ClF3N3O3. The Balaban J connectivity index is 2.23. The zero-order chi connectivity index (χ0) is 19.3. The number of carbonyl (C=O) groups is 2. The second-order valence-electron chi connectivity index (χ2n) is 5.23. The molecule has 0 aliphatic carbocycles. The van der Waals surface area contributed by atoms with Crippen LogP contribution in [0.15, 0.2) is 36.7 Å². The molecule has 2 rings (SSSR count). The largest absolute Gasteiger partial charge is 0.465 e. The Morgan fingerprint density at radius 3 is 2.69 bits per heavy atom. The van der Waals surface area contributed by atoms with E-state index in [1.54, 1.807) is 24.3 Å². The Labute approximate surface area is 152 Å². The van der Waals surface area contributed by atoms with E-state index in [0.717, 1.165) is 6.20 Å². The lowest BCUT2D eigenvalue weighted by Gasteiger charge is -2.22. The van der Waals surface area contributed by atoms with Gasteiger partial charge in [-0.25, -0.2) is 4.68 Å². The normalized spacial score (nSPS) is 11.3. The minimum atomic E-state index is -4.66. The van der Waals surface area contributed by atoms with E-state index in [2.05, 4.69) is 9.84 Å². The Morgan fingerprint density at radius 1 is 1.35 bits per heavy atom. The summed E-state index contributed by atoms with van der Waals surface area (Å²) in [5.74, 6) is -1.91. The van der Waals surface area contributed by atoms with Crippen LogP contribution in [0.5, 0.6) is 0 Å². The third kappa shape index (κ3) is 5.48. The monoisotopic (exact) mass is 389 g/mol. The molecule has 0 atom stereocenters. The van der Waals surface area contributed by atoms with Crippen LogP contribution in [0.4, 0.5) is 13.2 Å². The molecule has 6 nitrogen and oxygen atoms in total. The number of alkyl halides is 3. The Kier molecular flexibility index (Phi) is 6.25. The number of rotatable bonds is 6. The van der Waals surface area contributed by atoms with Crippen molar-refractivity contribution in [3.05, 3.63) is 47.2 Å². The van der Waals surface area contributed by atoms with E-state index in [4.69, 9.17) is 11.6 Å². The van der Waals surface area contributed by atoms with Gasteiger partial charge in [-0.15, -0.1) is 0 Å². The number of carbonyl (C=O) groups excluding carboxylic acids is 2. The van der Waals surface area contributed by atoms with E-state index in [9.17, 15) is 22.8 Å². The predicted octanol–water partition coefficient (Wildman–Crippen LogP) is 3.09. The van der Waals surface area contributed by atoms with Gasteiger partial charge in [-0.3, -0.25) is 9.59 Å². The number of nitrogens with zero attached hydrogens (tertiary/aromatic N) is 3. The molecule has 0 radical (unpaired) electrons. The second-order valence-corrected chi connectivity index (χ2v) is 5.67. The first-order valence-electron chi connectivity index (χ1n) is 7.52. The summed E-state index contributed by atoms with van der Waals surface area (Å²) in [5, 5.41) is 4.39. The average molecular weight is 390 g/mol. The third-order valence-electron chi connectivity index (χ3n) is 3.18. The number of ether oxygens (including phenoxy) is 1. The molecule has 10 heteroatoms. The average Bonchev–Trinajstić information content (AvgIpc) is 3.02. The van der Waals surface area contributed by atoms with Crippen LogP contribution in [0, 0.1) is 0 Å². The molecule has 0 aliphatic rings. The summed E-state index contributed by atoms with van der Waals surface area (Å²) in [6.45, 7) is -0.871. The SMILES string of the molecule is CCOC(=O)CN(CC(F)(F)F)C(=O)c1cnn(-c2cccc(Cl)c2)c1. The van der Waals surface area contributed by atoms with E-state index in [1.165, 1.54) is 17.8 Å². The van der Waals surface area contributed by atoms with Crippen molar-refractivity contribution >= 4 is 23.5 Å². The summed E-state index contributed by atoms with van der Waals surface area (Å²) in [6.07, 6.45) is -2.27. The molecule has 0 aliphatic heterocycles. The van der Waals surface area contributed by atoms with Gasteiger partial charge in [-0.2, -0.15) is 18.3 Å². The maximum Gasteiger partial charge on any atom is 0.406 e. The van der Waals surface area contributed by atoms with Crippen molar-refractivity contribution in [2.75, 3.05) is 19.7 Å². The number of benzene rings is 1. The molecule has 140 valence electrons. The first kappa shape index (κ1) is 19.8. The summed E-state index contributed by atoms with van der Waals surface area (Å²) in [6, 6.07) is 6.55. The van der Waals surface area contributed by atoms with Crippen LogP contribution in [-0.4, -0.2) is 52.4 Å². The molecule has 2 aromatic rings. The Hall–Kier alpha value is -2.55. The minimum absolute atomic E-state index is 0.000416. The molecule has 1 aromatic heterocycles. The van der Waals surface area contributed by atoms with Crippen LogP contribution in [0.2, 0.25) is 5.02 Å². The van der Waals surface area contributed by atoms with Crippen molar-refractivity contribution < 1.29 is 27.5 Å². The minimum Gasteiger partial charge on any atom is -0.465 e. The fraction of sp³-hybridized carbons (Fsp3) is 0.312. The molecule has 0 unspecified atom stereocenters. The van der Waals surface area contributed by atoms with Crippen molar-refractivity contribution in [3.8, 4) is 5.69 Å². The van der Waals surface area contributed by atoms with E-state index < -0.39 is 31.1 Å². The lowest BCUT2D eigenvalue weighted by Crippen LogP contribution is -2.42. The molecule has 0 fully saturated rings. The Bertz CT molecular complexity index is 792. The summed E-state index contributed by atoms with van der Waals surface area (Å²) in [5.41, 5.74) is 0.433. The molecule has 1 aromatic carbocycles. The third-order valence-corrected chi connectivity index (χ3v) is 3.42. The quantitative estimate of drug-likeness (QED) is 0.712. The number of aromatic nitrogens is 2. The molecule has 26 heavy (non-hydrogen) atoms. The molecule has 0 spiro atoms. The zero-order valence-corrected chi connectivity index (χ0v) is 14.4. The van der Waals surface area contributed by atoms with Crippen LogP contribution in [-0.2, 0) is 9.53 Å². The van der Waals surface area contributed by atoms with Gasteiger partial charge in [-0.1, -0.05) is 17.7 Å². The topological polar surface area (TPSA) is 64.4 Å². The van der Waals surface area contributed by atoms with Crippen molar-refractivity contribution in [2.24, 2.45) is 0 Å². The number of amides is 1. The molecule has 0 saturated carbocycles. The molecule has 0 N–H and O–H groups in total. The van der Waals surface area contributed by atoms with Gasteiger partial charge in [0.05, 0.1) is 24.1 Å². The van der Waals surface area contributed by atoms with Crippen LogP contribution in [0.3, 0.4) is 0 Å². The molecular weight excluding hydrogens is 375 g/mol. The van der Waals surface area contributed by atoms with Crippen molar-refractivity contribution in [1.82, 2.24) is 14.7 Å². The van der Waals surface area contributed by atoms with E-state index in [1.807, 2.05) is 0 Å². The fourth-order valence-electron chi connectivity index (χ4n) is 2.15. The van der Waals surface area contributed by atoms with E-state index in [-0.39, 0.29) is 12.2 Å². The lowest BCUT2D eigenvalue weighted by molar-refractivity contribution is -0.153. The number of halogens is 4. The highest BCUT2D eigenvalue weighted by molar-refractivity contribution is 6.30. The number of hydrogen-bond donors (Lipinski definition) is 0. The van der Waals surface area contributed by atoms with Gasteiger partial charge in [0.1, 0.15) is 13.1 Å². The highest BCUT2D eigenvalue weighted by Gasteiger charge is 2.35. The molecule has 0 saturated heterocycles. The standard InChI is InChI=1S/C16H15ClF3N3O3/c1-2-26-14(24)9-22(10-16(18,19)20)15(25)11-7-21-23(8-11)13-5-3-4-12(17)6-13/h3-8H,2,9-10H2,1H3. The van der Waals surface area contributed by atoms with Crippen molar-refractivity contribution in [3.63, 3.8) is 0 Å². The van der Waals surface area contributed by atoms with Crippen LogP contribution in [0.25, 0.3) is 5.69 Å². The first-order chi connectivity index (χ1) is 12.2. The van der Waals surface area contributed by atoms with Crippen molar-refractivity contribution in [1.29, 1.82) is 0 Å². The number of hydrogen-bond acceptors (Lipinski definition) is 4. The van der Waals surface area contributed by atoms with E-state index in [0.29, 0.717) is 15.6 Å². The smallest absolute Gasteiger partial charge is 0.406 e. The van der Waals surface area contributed by atoms with Gasteiger partial charge in [0.15, 0.2) is 0 Å². The maximum atomic E-state index is 12.8. The van der Waals surface area contributed by atoms with Gasteiger partial charge in [0.2, 0.25) is 0 Å². The summed E-state index contributed by atoms with van der Waals surface area (Å²) in [4.78, 5) is 24.3. The first-order valence-corrected chi connectivity index (χ1v) is 7.89. The van der Waals surface area contributed by atoms with Crippen molar-refractivity contribution in [2.45, 2.75) is 13.1 Å². The van der Waals surface area contributed by atoms with Gasteiger partial charge in [0, 0.05) is 11.2 Å². The molecule has 1 amide bonds. The molecule has 1 heterocycles. The highest BCUT2D eigenvalue weighted by atomic mass is 35.5. The van der Waals surface area contributed by atoms with Gasteiger partial charge >= 0.3 is 12.1 Å². The summed E-state index contributed by atoms with van der Waals surface area (Å²) < 4.78 is 44.2. The van der Waals surface area contributed by atoms with Gasteiger partial charge in [-0.05, 0) is 25.1 Å². The van der Waals surface area contributed by atoms with E-state index >= 15 is 0 Å². The Morgan fingerprint density at radius 2 is 2.08 bits per heavy atom. The van der Waals surface area contributed by atoms with Crippen LogP contribution in [0.1, 0.15) is 17.3 Å². The fourth-order valence-corrected chi connectivity index (χ4v) is 2.34. The molecule has 0 bridgehead atoms. The van der Waals surface area contributed by atoms with Crippen LogP contribution < -0.4 is 0 Å². The summed E-state index contributed by atoms with van der Waals surface area (Å²) in [7, 11) is 0. The number of esters is 1. The zero-order valence-electron chi connectivity index (χ0n) is 13.7.